The number of imidazole rings is 1. The Bertz CT molecular complexity index is 1560. The molecule has 6 nitrogen and oxygen atoms in total. The van der Waals surface area contributed by atoms with Gasteiger partial charge in [0.05, 0.1) is 25.0 Å². The number of anilines is 1. The average Bonchev–Trinajstić information content (AvgIpc) is 3.40. The Balaban J connectivity index is 1.83. The molecule has 2 heterocycles. The van der Waals surface area contributed by atoms with Gasteiger partial charge in [-0.3, -0.25) is 9.69 Å². The van der Waals surface area contributed by atoms with Crippen LogP contribution in [0.3, 0.4) is 0 Å². The smallest absolute Gasteiger partial charge is 0.279 e. The number of aliphatic hydroxyl groups excluding tert-OH is 1. The van der Waals surface area contributed by atoms with Crippen LogP contribution in [0.2, 0.25) is 10.0 Å². The number of nitrogens with zero attached hydrogens (tertiary/aromatic N) is 3. The molecule has 3 aromatic carbocycles. The number of aryl methyl sites for hydroxylation is 2. The van der Waals surface area contributed by atoms with Gasteiger partial charge in [0.15, 0.2) is 5.69 Å². The summed E-state index contributed by atoms with van der Waals surface area (Å²) in [6, 6.07) is 16.3. The molecule has 0 saturated carbocycles. The quantitative estimate of drug-likeness (QED) is 0.274. The SMILES string of the molecule is COc1ccc(CO)cc1-c1nc2c(n1C(C)C)[C@@H](c1ccc(Cl)cc1C)N(c1cc(Cl)ccc1C)C2=O. The van der Waals surface area contributed by atoms with Gasteiger partial charge in [0.2, 0.25) is 0 Å². The number of hydrogen-bond donors (Lipinski definition) is 1. The summed E-state index contributed by atoms with van der Waals surface area (Å²) in [4.78, 5) is 21.0. The Morgan fingerprint density at radius 2 is 1.71 bits per heavy atom. The minimum absolute atomic E-state index is 0.0351. The van der Waals surface area contributed by atoms with Gasteiger partial charge in [-0.05, 0) is 86.3 Å². The summed E-state index contributed by atoms with van der Waals surface area (Å²) < 4.78 is 7.77. The van der Waals surface area contributed by atoms with Crippen molar-refractivity contribution in [3.05, 3.63) is 98.3 Å². The minimum Gasteiger partial charge on any atom is -0.496 e. The summed E-state index contributed by atoms with van der Waals surface area (Å²) in [5.41, 5.74) is 6.19. The molecule has 196 valence electrons. The number of carbonyl (C=O) groups excluding carboxylic acids is 1. The lowest BCUT2D eigenvalue weighted by atomic mass is 9.97. The molecule has 0 saturated heterocycles. The number of methoxy groups -OCH3 is 1. The molecule has 0 aliphatic carbocycles. The first-order valence-corrected chi connectivity index (χ1v) is 13.2. The van der Waals surface area contributed by atoms with Crippen molar-refractivity contribution in [1.82, 2.24) is 9.55 Å². The summed E-state index contributed by atoms with van der Waals surface area (Å²) in [7, 11) is 1.60. The Morgan fingerprint density at radius 3 is 2.37 bits per heavy atom. The predicted molar refractivity (Wildman–Crippen MR) is 152 cm³/mol. The topological polar surface area (TPSA) is 67.6 Å². The van der Waals surface area contributed by atoms with Gasteiger partial charge in [-0.25, -0.2) is 4.98 Å². The van der Waals surface area contributed by atoms with Crippen molar-refractivity contribution in [2.24, 2.45) is 0 Å². The van der Waals surface area contributed by atoms with E-state index in [1.807, 2.05) is 68.4 Å². The fourth-order valence-electron chi connectivity index (χ4n) is 5.28. The molecule has 38 heavy (non-hydrogen) atoms. The first-order valence-electron chi connectivity index (χ1n) is 12.4. The van der Waals surface area contributed by atoms with Crippen molar-refractivity contribution in [2.45, 2.75) is 46.4 Å². The van der Waals surface area contributed by atoms with E-state index >= 15 is 0 Å². The molecular formula is C30H29Cl2N3O3. The van der Waals surface area contributed by atoms with Crippen LogP contribution in [-0.2, 0) is 6.61 Å². The van der Waals surface area contributed by atoms with Crippen molar-refractivity contribution < 1.29 is 14.6 Å². The molecule has 8 heteroatoms. The van der Waals surface area contributed by atoms with E-state index in [0.717, 1.165) is 33.6 Å². The molecule has 1 N–H and O–H groups in total. The highest BCUT2D eigenvalue weighted by Crippen LogP contribution is 2.47. The summed E-state index contributed by atoms with van der Waals surface area (Å²) in [5, 5.41) is 11.0. The predicted octanol–water partition coefficient (Wildman–Crippen LogP) is 7.31. The number of carbonyl (C=O) groups is 1. The molecule has 1 aliphatic rings. The number of aromatic nitrogens is 2. The Hall–Kier alpha value is -3.32. The van der Waals surface area contributed by atoms with Crippen LogP contribution >= 0.6 is 23.2 Å². The van der Waals surface area contributed by atoms with Crippen molar-refractivity contribution in [2.75, 3.05) is 12.0 Å². The lowest BCUT2D eigenvalue weighted by Gasteiger charge is -2.30. The van der Waals surface area contributed by atoms with Gasteiger partial charge < -0.3 is 14.4 Å². The van der Waals surface area contributed by atoms with Gasteiger partial charge in [-0.15, -0.1) is 0 Å². The third-order valence-electron chi connectivity index (χ3n) is 7.05. The van der Waals surface area contributed by atoms with E-state index in [-0.39, 0.29) is 18.6 Å². The number of benzene rings is 3. The highest BCUT2D eigenvalue weighted by Gasteiger charge is 2.45. The molecule has 0 bridgehead atoms. The molecule has 0 unspecified atom stereocenters. The monoisotopic (exact) mass is 549 g/mol. The van der Waals surface area contributed by atoms with Crippen LogP contribution in [0.5, 0.6) is 5.75 Å². The third kappa shape index (κ3) is 4.27. The number of amides is 1. The maximum absolute atomic E-state index is 14.2. The van der Waals surface area contributed by atoms with Gasteiger partial charge in [0.1, 0.15) is 17.6 Å². The van der Waals surface area contributed by atoms with Gasteiger partial charge in [0, 0.05) is 21.8 Å². The van der Waals surface area contributed by atoms with Crippen molar-refractivity contribution in [3.8, 4) is 17.1 Å². The first kappa shape index (κ1) is 26.3. The van der Waals surface area contributed by atoms with Crippen molar-refractivity contribution >= 4 is 34.8 Å². The van der Waals surface area contributed by atoms with Crippen molar-refractivity contribution in [1.29, 1.82) is 0 Å². The molecule has 4 aromatic rings. The van der Waals surface area contributed by atoms with Gasteiger partial charge in [-0.2, -0.15) is 0 Å². The van der Waals surface area contributed by atoms with Crippen LogP contribution in [0, 0.1) is 13.8 Å². The van der Waals surface area contributed by atoms with Crippen LogP contribution in [0.4, 0.5) is 5.69 Å². The van der Waals surface area contributed by atoms with Crippen LogP contribution < -0.4 is 9.64 Å². The number of hydrogen-bond acceptors (Lipinski definition) is 4. The lowest BCUT2D eigenvalue weighted by Crippen LogP contribution is -2.31. The molecule has 5 rings (SSSR count). The zero-order valence-corrected chi connectivity index (χ0v) is 23.4. The van der Waals surface area contributed by atoms with E-state index in [4.69, 9.17) is 32.9 Å². The number of aliphatic hydroxyl groups is 1. The highest BCUT2D eigenvalue weighted by atomic mass is 35.5. The fourth-order valence-corrected chi connectivity index (χ4v) is 5.67. The lowest BCUT2D eigenvalue weighted by molar-refractivity contribution is 0.0989. The van der Waals surface area contributed by atoms with Crippen LogP contribution in [-0.4, -0.2) is 27.7 Å². The van der Waals surface area contributed by atoms with E-state index in [1.165, 1.54) is 0 Å². The molecule has 0 radical (unpaired) electrons. The van der Waals surface area contributed by atoms with Crippen LogP contribution in [0.1, 0.15) is 64.4 Å². The highest BCUT2D eigenvalue weighted by molar-refractivity contribution is 6.31. The number of ether oxygens (including phenoxy) is 1. The zero-order chi connectivity index (χ0) is 27.3. The Morgan fingerprint density at radius 1 is 1.00 bits per heavy atom. The molecule has 1 aromatic heterocycles. The second-order valence-electron chi connectivity index (χ2n) is 9.84. The number of rotatable bonds is 6. The number of fused-ring (bicyclic) bond motifs is 1. The standard InChI is InChI=1S/C30H29Cl2N3O3/c1-16(2)34-28-26(33-29(34)23-13-19(15-36)7-11-25(23)38-5)30(37)35(24-14-21(32)8-6-17(24)3)27(28)22-10-9-20(31)12-18(22)4/h6-14,16,27,36H,15H2,1-5H3/t27-/m1/s1. The van der Waals surface area contributed by atoms with E-state index in [0.29, 0.717) is 32.9 Å². The van der Waals surface area contributed by atoms with E-state index in [2.05, 4.69) is 18.4 Å². The Labute approximate surface area is 232 Å². The normalized spacial score (nSPS) is 14.9. The largest absolute Gasteiger partial charge is 0.496 e. The summed E-state index contributed by atoms with van der Waals surface area (Å²) in [6.07, 6.45) is 0. The summed E-state index contributed by atoms with van der Waals surface area (Å²) >= 11 is 12.7. The Kier molecular flexibility index (Phi) is 6.99. The van der Waals surface area contributed by atoms with Crippen molar-refractivity contribution in [3.63, 3.8) is 0 Å². The summed E-state index contributed by atoms with van der Waals surface area (Å²) in [6.45, 7) is 7.98. The van der Waals surface area contributed by atoms with Gasteiger partial charge >= 0.3 is 0 Å². The molecule has 1 atom stereocenters. The third-order valence-corrected chi connectivity index (χ3v) is 7.52. The maximum Gasteiger partial charge on any atom is 0.279 e. The second kappa shape index (κ2) is 10.1. The molecule has 1 amide bonds. The first-order chi connectivity index (χ1) is 18.2. The zero-order valence-electron chi connectivity index (χ0n) is 21.9. The minimum atomic E-state index is -0.456. The van der Waals surface area contributed by atoms with Crippen LogP contribution in [0.15, 0.2) is 54.6 Å². The van der Waals surface area contributed by atoms with E-state index < -0.39 is 6.04 Å². The molecule has 0 fully saturated rings. The van der Waals surface area contributed by atoms with E-state index in [9.17, 15) is 9.90 Å². The second-order valence-corrected chi connectivity index (χ2v) is 10.7. The maximum atomic E-state index is 14.2. The van der Waals surface area contributed by atoms with Crippen LogP contribution in [0.25, 0.3) is 11.4 Å². The number of halogens is 2. The molecular weight excluding hydrogens is 521 g/mol. The summed E-state index contributed by atoms with van der Waals surface area (Å²) in [5.74, 6) is 1.02. The van der Waals surface area contributed by atoms with Gasteiger partial charge in [0.25, 0.3) is 5.91 Å². The average molecular weight is 550 g/mol. The molecule has 0 spiro atoms. The molecule has 1 aliphatic heterocycles. The fraction of sp³-hybridized carbons (Fsp3) is 0.267. The van der Waals surface area contributed by atoms with E-state index in [1.54, 1.807) is 12.0 Å². The van der Waals surface area contributed by atoms with Gasteiger partial charge in [-0.1, -0.05) is 41.4 Å².